The van der Waals surface area contributed by atoms with E-state index in [9.17, 15) is 0 Å². The first kappa shape index (κ1) is 13.4. The van der Waals surface area contributed by atoms with Crippen LogP contribution in [0.5, 0.6) is 0 Å². The predicted octanol–water partition coefficient (Wildman–Crippen LogP) is 3.42. The van der Waals surface area contributed by atoms with Crippen molar-refractivity contribution in [3.63, 3.8) is 0 Å². The summed E-state index contributed by atoms with van der Waals surface area (Å²) in [5, 5.41) is 0. The molecule has 1 aliphatic rings. The normalized spacial score (nSPS) is 21.1. The van der Waals surface area contributed by atoms with Crippen molar-refractivity contribution >= 4 is 16.8 Å². The molecule has 2 aromatic rings. The van der Waals surface area contributed by atoms with Crippen LogP contribution >= 0.6 is 0 Å². The monoisotopic (exact) mass is 273 g/mol. The second-order valence-electron chi connectivity index (χ2n) is 5.82. The number of hydrogen-bond acceptors (Lipinski definition) is 4. The highest BCUT2D eigenvalue weighted by molar-refractivity contribution is 5.76. The summed E-state index contributed by atoms with van der Waals surface area (Å²) in [7, 11) is 0. The van der Waals surface area contributed by atoms with Crippen molar-refractivity contribution in [3.05, 3.63) is 24.1 Å². The van der Waals surface area contributed by atoms with E-state index in [1.807, 2.05) is 18.2 Å². The van der Waals surface area contributed by atoms with E-state index in [1.54, 1.807) is 0 Å². The van der Waals surface area contributed by atoms with Crippen LogP contribution in [-0.4, -0.2) is 23.0 Å². The molecule has 0 aliphatic carbocycles. The van der Waals surface area contributed by atoms with Crippen LogP contribution in [0.15, 0.2) is 22.6 Å². The molecule has 1 fully saturated rings. The number of oxazole rings is 1. The first-order valence-electron chi connectivity index (χ1n) is 7.62. The summed E-state index contributed by atoms with van der Waals surface area (Å²) >= 11 is 0. The minimum atomic E-state index is 0.723. The van der Waals surface area contributed by atoms with Gasteiger partial charge in [-0.25, -0.2) is 4.98 Å². The fraction of sp³-hybridized carbons (Fsp3) is 0.562. The van der Waals surface area contributed by atoms with Gasteiger partial charge in [0.2, 0.25) is 5.89 Å². The van der Waals surface area contributed by atoms with Gasteiger partial charge in [0.05, 0.1) is 6.54 Å². The molecule has 0 bridgehead atoms. The van der Waals surface area contributed by atoms with Crippen molar-refractivity contribution in [2.75, 3.05) is 18.8 Å². The molecule has 0 saturated carbocycles. The Labute approximate surface area is 120 Å². The second-order valence-corrected chi connectivity index (χ2v) is 5.82. The van der Waals surface area contributed by atoms with E-state index in [0.717, 1.165) is 48.2 Å². The van der Waals surface area contributed by atoms with Crippen LogP contribution in [0, 0.1) is 5.92 Å². The van der Waals surface area contributed by atoms with Crippen LogP contribution in [0.3, 0.4) is 0 Å². The molecule has 4 heteroatoms. The molecule has 1 aliphatic heterocycles. The van der Waals surface area contributed by atoms with Gasteiger partial charge in [0, 0.05) is 11.8 Å². The molecule has 0 amide bonds. The number of nitrogens with two attached hydrogens (primary N) is 1. The highest BCUT2D eigenvalue weighted by atomic mass is 16.3. The van der Waals surface area contributed by atoms with Crippen LogP contribution in [0.1, 0.15) is 38.5 Å². The lowest BCUT2D eigenvalue weighted by Crippen LogP contribution is -2.24. The molecule has 0 radical (unpaired) electrons. The van der Waals surface area contributed by atoms with Gasteiger partial charge in [-0.1, -0.05) is 13.3 Å². The number of nitrogens with zero attached hydrogens (tertiary/aromatic N) is 2. The number of rotatable bonds is 3. The Kier molecular flexibility index (Phi) is 3.92. The standard InChI is InChI=1S/C16H23N3O/c1-2-12-4-3-8-19(9-7-12)11-16-18-14-6-5-13(17)10-15(14)20-16/h5-6,10,12H,2-4,7-9,11,17H2,1H3. The van der Waals surface area contributed by atoms with E-state index >= 15 is 0 Å². The average Bonchev–Trinajstić information content (AvgIpc) is 2.68. The molecule has 3 rings (SSSR count). The van der Waals surface area contributed by atoms with Gasteiger partial charge in [-0.3, -0.25) is 4.90 Å². The van der Waals surface area contributed by atoms with E-state index in [0.29, 0.717) is 0 Å². The number of benzene rings is 1. The first-order valence-corrected chi connectivity index (χ1v) is 7.62. The molecule has 1 unspecified atom stereocenters. The lowest BCUT2D eigenvalue weighted by Gasteiger charge is -2.17. The van der Waals surface area contributed by atoms with Crippen molar-refractivity contribution in [1.82, 2.24) is 9.88 Å². The predicted molar refractivity (Wildman–Crippen MR) is 81.3 cm³/mol. The zero-order valence-electron chi connectivity index (χ0n) is 12.1. The van der Waals surface area contributed by atoms with Gasteiger partial charge in [-0.2, -0.15) is 0 Å². The number of likely N-dealkylation sites (tertiary alicyclic amines) is 1. The van der Waals surface area contributed by atoms with Crippen LogP contribution in [0.25, 0.3) is 11.1 Å². The van der Waals surface area contributed by atoms with Crippen molar-refractivity contribution in [2.45, 2.75) is 39.2 Å². The molecule has 2 heterocycles. The van der Waals surface area contributed by atoms with Gasteiger partial charge in [0.25, 0.3) is 0 Å². The van der Waals surface area contributed by atoms with Crippen molar-refractivity contribution in [3.8, 4) is 0 Å². The van der Waals surface area contributed by atoms with E-state index < -0.39 is 0 Å². The van der Waals surface area contributed by atoms with E-state index in [2.05, 4.69) is 16.8 Å². The summed E-state index contributed by atoms with van der Waals surface area (Å²) < 4.78 is 5.81. The maximum Gasteiger partial charge on any atom is 0.209 e. The number of anilines is 1. The van der Waals surface area contributed by atoms with Gasteiger partial charge in [-0.05, 0) is 50.4 Å². The molecule has 0 spiro atoms. The lowest BCUT2D eigenvalue weighted by atomic mass is 9.98. The largest absolute Gasteiger partial charge is 0.439 e. The van der Waals surface area contributed by atoms with Crippen LogP contribution in [0.2, 0.25) is 0 Å². The second kappa shape index (κ2) is 5.83. The molecule has 4 nitrogen and oxygen atoms in total. The topological polar surface area (TPSA) is 55.3 Å². The third-order valence-electron chi connectivity index (χ3n) is 4.33. The molecule has 2 N–H and O–H groups in total. The average molecular weight is 273 g/mol. The third kappa shape index (κ3) is 2.96. The number of fused-ring (bicyclic) bond motifs is 1. The molecule has 1 saturated heterocycles. The first-order chi connectivity index (χ1) is 9.74. The minimum absolute atomic E-state index is 0.723. The van der Waals surface area contributed by atoms with E-state index in [4.69, 9.17) is 10.2 Å². The number of nitrogen functional groups attached to an aromatic ring is 1. The zero-order valence-corrected chi connectivity index (χ0v) is 12.1. The molecule has 1 aromatic carbocycles. The summed E-state index contributed by atoms with van der Waals surface area (Å²) in [5.74, 6) is 1.70. The summed E-state index contributed by atoms with van der Waals surface area (Å²) in [6.45, 7) is 5.41. The fourth-order valence-corrected chi connectivity index (χ4v) is 3.04. The molecule has 20 heavy (non-hydrogen) atoms. The van der Waals surface area contributed by atoms with Gasteiger partial charge < -0.3 is 10.2 Å². The number of hydrogen-bond donors (Lipinski definition) is 1. The van der Waals surface area contributed by atoms with Gasteiger partial charge in [0.1, 0.15) is 5.52 Å². The smallest absolute Gasteiger partial charge is 0.209 e. The molecular weight excluding hydrogens is 250 g/mol. The Morgan fingerprint density at radius 2 is 2.25 bits per heavy atom. The van der Waals surface area contributed by atoms with Crippen molar-refractivity contribution < 1.29 is 4.42 Å². The molecule has 1 aromatic heterocycles. The van der Waals surface area contributed by atoms with Crippen molar-refractivity contribution in [2.24, 2.45) is 5.92 Å². The SMILES string of the molecule is CCC1CCCN(Cc2nc3ccc(N)cc3o2)CC1. The van der Waals surface area contributed by atoms with Crippen LogP contribution in [0.4, 0.5) is 5.69 Å². The van der Waals surface area contributed by atoms with Gasteiger partial charge >= 0.3 is 0 Å². The Morgan fingerprint density at radius 1 is 1.35 bits per heavy atom. The lowest BCUT2D eigenvalue weighted by molar-refractivity contribution is 0.247. The summed E-state index contributed by atoms with van der Waals surface area (Å²) in [5.41, 5.74) is 8.18. The Morgan fingerprint density at radius 3 is 3.10 bits per heavy atom. The molecular formula is C16H23N3O. The zero-order chi connectivity index (χ0) is 13.9. The fourth-order valence-electron chi connectivity index (χ4n) is 3.04. The quantitative estimate of drug-likeness (QED) is 0.871. The highest BCUT2D eigenvalue weighted by Crippen LogP contribution is 2.23. The Balaban J connectivity index is 1.69. The maximum absolute atomic E-state index is 5.81. The molecule has 108 valence electrons. The van der Waals surface area contributed by atoms with E-state index in [-0.39, 0.29) is 0 Å². The molecule has 1 atom stereocenters. The van der Waals surface area contributed by atoms with Gasteiger partial charge in [0.15, 0.2) is 5.58 Å². The van der Waals surface area contributed by atoms with Gasteiger partial charge in [-0.15, -0.1) is 0 Å². The maximum atomic E-state index is 5.81. The Hall–Kier alpha value is -1.55. The summed E-state index contributed by atoms with van der Waals surface area (Å²) in [4.78, 5) is 7.02. The van der Waals surface area contributed by atoms with Crippen LogP contribution < -0.4 is 5.73 Å². The van der Waals surface area contributed by atoms with Crippen LogP contribution in [-0.2, 0) is 6.54 Å². The minimum Gasteiger partial charge on any atom is -0.439 e. The summed E-state index contributed by atoms with van der Waals surface area (Å²) in [6.07, 6.45) is 5.24. The number of aromatic nitrogens is 1. The van der Waals surface area contributed by atoms with Crippen molar-refractivity contribution in [1.29, 1.82) is 0 Å². The highest BCUT2D eigenvalue weighted by Gasteiger charge is 2.17. The third-order valence-corrected chi connectivity index (χ3v) is 4.33. The van der Waals surface area contributed by atoms with E-state index in [1.165, 1.54) is 25.7 Å². The Bertz CT molecular complexity index is 578. The summed E-state index contributed by atoms with van der Waals surface area (Å²) in [6, 6.07) is 5.64.